The van der Waals surface area contributed by atoms with Crippen molar-refractivity contribution in [1.82, 2.24) is 5.32 Å². The molecule has 1 aromatic rings. The molecule has 0 bridgehead atoms. The maximum Gasteiger partial charge on any atom is 0.0406 e. The van der Waals surface area contributed by atoms with E-state index < -0.39 is 0 Å². The molecule has 92 valence electrons. The second kappa shape index (κ2) is 4.62. The van der Waals surface area contributed by atoms with Crippen molar-refractivity contribution in [3.05, 3.63) is 34.9 Å². The number of fused-ring (bicyclic) bond motifs is 1. The van der Waals surface area contributed by atoms with Crippen LogP contribution < -0.4 is 5.32 Å². The Morgan fingerprint density at radius 1 is 1.18 bits per heavy atom. The van der Waals surface area contributed by atoms with E-state index in [4.69, 9.17) is 11.6 Å². The van der Waals surface area contributed by atoms with Gasteiger partial charge >= 0.3 is 0 Å². The number of rotatable bonds is 4. The van der Waals surface area contributed by atoms with Crippen molar-refractivity contribution in [2.75, 3.05) is 6.54 Å². The van der Waals surface area contributed by atoms with Gasteiger partial charge in [-0.05, 0) is 61.3 Å². The fourth-order valence-electron chi connectivity index (χ4n) is 3.48. The molecule has 3 rings (SSSR count). The van der Waals surface area contributed by atoms with Gasteiger partial charge in [-0.1, -0.05) is 30.7 Å². The van der Waals surface area contributed by atoms with E-state index >= 15 is 0 Å². The summed E-state index contributed by atoms with van der Waals surface area (Å²) in [6.07, 6.45) is 4.34. The highest BCUT2D eigenvalue weighted by atomic mass is 35.5. The summed E-state index contributed by atoms with van der Waals surface area (Å²) in [5.74, 6) is 2.93. The molecule has 2 aliphatic carbocycles. The molecule has 2 fully saturated rings. The SMILES string of the molecule is CCNC(c1ccc(Cl)cc1)C1CC2CC2C1. The highest BCUT2D eigenvalue weighted by Crippen LogP contribution is 2.57. The Bertz CT molecular complexity index is 376. The standard InChI is InChI=1S/C15H20ClN/c1-2-17-15(10-3-5-14(16)6-4-10)13-8-11-7-12(11)9-13/h3-6,11-13,15,17H,2,7-9H2,1H3. The largest absolute Gasteiger partial charge is 0.310 e. The Morgan fingerprint density at radius 3 is 2.41 bits per heavy atom. The van der Waals surface area contributed by atoms with E-state index in [0.29, 0.717) is 6.04 Å². The van der Waals surface area contributed by atoms with Gasteiger partial charge in [0.05, 0.1) is 0 Å². The third-order valence-electron chi connectivity index (χ3n) is 4.40. The lowest BCUT2D eigenvalue weighted by Crippen LogP contribution is -2.27. The zero-order chi connectivity index (χ0) is 11.8. The van der Waals surface area contributed by atoms with Gasteiger partial charge in [0, 0.05) is 11.1 Å². The van der Waals surface area contributed by atoms with Crippen molar-refractivity contribution in [3.8, 4) is 0 Å². The van der Waals surface area contributed by atoms with Crippen LogP contribution in [0.15, 0.2) is 24.3 Å². The normalized spacial score (nSPS) is 32.2. The Morgan fingerprint density at radius 2 is 1.82 bits per heavy atom. The lowest BCUT2D eigenvalue weighted by atomic mass is 9.89. The monoisotopic (exact) mass is 249 g/mol. The van der Waals surface area contributed by atoms with Gasteiger partial charge in [-0.15, -0.1) is 0 Å². The lowest BCUT2D eigenvalue weighted by Gasteiger charge is -2.26. The molecule has 17 heavy (non-hydrogen) atoms. The molecular formula is C15H20ClN. The Balaban J connectivity index is 1.76. The third-order valence-corrected chi connectivity index (χ3v) is 4.66. The van der Waals surface area contributed by atoms with Crippen molar-refractivity contribution in [3.63, 3.8) is 0 Å². The number of hydrogen-bond donors (Lipinski definition) is 1. The van der Waals surface area contributed by atoms with Crippen molar-refractivity contribution < 1.29 is 0 Å². The predicted octanol–water partition coefficient (Wildman–Crippen LogP) is 4.04. The van der Waals surface area contributed by atoms with Crippen LogP contribution in [0.1, 0.15) is 37.8 Å². The van der Waals surface area contributed by atoms with Gasteiger partial charge in [0.1, 0.15) is 0 Å². The van der Waals surface area contributed by atoms with Gasteiger partial charge in [0.15, 0.2) is 0 Å². The maximum atomic E-state index is 5.96. The number of halogens is 1. The number of hydrogen-bond acceptors (Lipinski definition) is 1. The van der Waals surface area contributed by atoms with Gasteiger partial charge in [-0.3, -0.25) is 0 Å². The predicted molar refractivity (Wildman–Crippen MR) is 72.2 cm³/mol. The highest BCUT2D eigenvalue weighted by molar-refractivity contribution is 6.30. The first-order chi connectivity index (χ1) is 8.28. The molecule has 0 amide bonds. The molecule has 0 aromatic heterocycles. The van der Waals surface area contributed by atoms with Crippen LogP contribution >= 0.6 is 11.6 Å². The van der Waals surface area contributed by atoms with Crippen LogP contribution in [0.3, 0.4) is 0 Å². The van der Waals surface area contributed by atoms with Crippen molar-refractivity contribution >= 4 is 11.6 Å². The van der Waals surface area contributed by atoms with Crippen molar-refractivity contribution in [2.24, 2.45) is 17.8 Å². The van der Waals surface area contributed by atoms with E-state index in [-0.39, 0.29) is 0 Å². The topological polar surface area (TPSA) is 12.0 Å². The quantitative estimate of drug-likeness (QED) is 0.849. The zero-order valence-corrected chi connectivity index (χ0v) is 11.1. The minimum Gasteiger partial charge on any atom is -0.310 e. The summed E-state index contributed by atoms with van der Waals surface area (Å²) in [7, 11) is 0. The smallest absolute Gasteiger partial charge is 0.0406 e. The van der Waals surface area contributed by atoms with Gasteiger partial charge in [-0.25, -0.2) is 0 Å². The average Bonchev–Trinajstić information content (AvgIpc) is 2.95. The molecule has 0 aliphatic heterocycles. The molecule has 1 aromatic carbocycles. The van der Waals surface area contributed by atoms with Crippen LogP contribution in [-0.2, 0) is 0 Å². The van der Waals surface area contributed by atoms with E-state index in [1.54, 1.807) is 0 Å². The minimum absolute atomic E-state index is 0.532. The van der Waals surface area contributed by atoms with Crippen LogP contribution in [0.4, 0.5) is 0 Å². The summed E-state index contributed by atoms with van der Waals surface area (Å²) in [5.41, 5.74) is 1.41. The van der Waals surface area contributed by atoms with E-state index in [1.807, 2.05) is 12.1 Å². The van der Waals surface area contributed by atoms with E-state index in [0.717, 1.165) is 29.3 Å². The molecule has 0 radical (unpaired) electrons. The van der Waals surface area contributed by atoms with E-state index in [1.165, 1.54) is 24.8 Å². The van der Waals surface area contributed by atoms with E-state index in [9.17, 15) is 0 Å². The van der Waals surface area contributed by atoms with Gasteiger partial charge in [0.25, 0.3) is 0 Å². The fraction of sp³-hybridized carbons (Fsp3) is 0.600. The van der Waals surface area contributed by atoms with Crippen molar-refractivity contribution in [1.29, 1.82) is 0 Å². The van der Waals surface area contributed by atoms with Crippen LogP contribution in [0.2, 0.25) is 5.02 Å². The zero-order valence-electron chi connectivity index (χ0n) is 10.3. The highest BCUT2D eigenvalue weighted by Gasteiger charge is 2.47. The van der Waals surface area contributed by atoms with Crippen LogP contribution in [0.5, 0.6) is 0 Å². The van der Waals surface area contributed by atoms with Gasteiger partial charge in [-0.2, -0.15) is 0 Å². The second-order valence-electron chi connectivity index (χ2n) is 5.57. The summed E-state index contributed by atoms with van der Waals surface area (Å²) in [4.78, 5) is 0. The van der Waals surface area contributed by atoms with Crippen molar-refractivity contribution in [2.45, 2.75) is 32.2 Å². The summed E-state index contributed by atoms with van der Waals surface area (Å²) >= 11 is 5.96. The molecule has 0 spiro atoms. The van der Waals surface area contributed by atoms with Crippen LogP contribution in [0, 0.1) is 17.8 Å². The average molecular weight is 250 g/mol. The number of benzene rings is 1. The molecule has 3 unspecified atom stereocenters. The summed E-state index contributed by atoms with van der Waals surface area (Å²) in [5, 5.41) is 4.49. The molecule has 2 aliphatic rings. The number of nitrogens with one attached hydrogen (secondary N) is 1. The van der Waals surface area contributed by atoms with Crippen LogP contribution in [-0.4, -0.2) is 6.54 Å². The first kappa shape index (κ1) is 11.6. The molecule has 1 N–H and O–H groups in total. The summed E-state index contributed by atoms with van der Waals surface area (Å²) in [6.45, 7) is 3.23. The first-order valence-electron chi connectivity index (χ1n) is 6.76. The third kappa shape index (κ3) is 2.36. The molecule has 2 saturated carbocycles. The molecular weight excluding hydrogens is 230 g/mol. The fourth-order valence-corrected chi connectivity index (χ4v) is 3.61. The first-order valence-corrected chi connectivity index (χ1v) is 7.14. The summed E-state index contributed by atoms with van der Waals surface area (Å²) < 4.78 is 0. The maximum absolute atomic E-state index is 5.96. The minimum atomic E-state index is 0.532. The molecule has 0 saturated heterocycles. The molecule has 3 atom stereocenters. The molecule has 1 nitrogen and oxygen atoms in total. The van der Waals surface area contributed by atoms with E-state index in [2.05, 4.69) is 24.4 Å². The molecule has 2 heteroatoms. The Labute approximate surface area is 109 Å². The molecule has 0 heterocycles. The second-order valence-corrected chi connectivity index (χ2v) is 6.01. The van der Waals surface area contributed by atoms with Gasteiger partial charge < -0.3 is 5.32 Å². The Kier molecular flexibility index (Phi) is 3.14. The lowest BCUT2D eigenvalue weighted by molar-refractivity contribution is 0.347. The van der Waals surface area contributed by atoms with Gasteiger partial charge in [0.2, 0.25) is 0 Å². The summed E-state index contributed by atoms with van der Waals surface area (Å²) in [6, 6.07) is 8.91. The van der Waals surface area contributed by atoms with Crippen LogP contribution in [0.25, 0.3) is 0 Å². The Hall–Kier alpha value is -0.530.